The van der Waals surface area contributed by atoms with Gasteiger partial charge in [-0.2, -0.15) is 0 Å². The van der Waals surface area contributed by atoms with E-state index < -0.39 is 0 Å². The maximum Gasteiger partial charge on any atom is 0.298 e. The van der Waals surface area contributed by atoms with Gasteiger partial charge in [-0.05, 0) is 31.6 Å². The zero-order valence-electron chi connectivity index (χ0n) is 20.2. The number of anilines is 1. The first-order chi connectivity index (χ1) is 16.0. The minimum atomic E-state index is -0.184. The summed E-state index contributed by atoms with van der Waals surface area (Å²) in [6.07, 6.45) is 13.1. The van der Waals surface area contributed by atoms with Gasteiger partial charge in [-0.3, -0.25) is 4.79 Å². The van der Waals surface area contributed by atoms with Gasteiger partial charge in [-0.1, -0.05) is 57.4 Å². The number of carbonyl (C=O) groups is 1. The molecule has 1 aliphatic carbocycles. The Bertz CT molecular complexity index is 886. The molecule has 3 atom stereocenters. The molecule has 3 heterocycles. The fourth-order valence-electron chi connectivity index (χ4n) is 5.35. The highest BCUT2D eigenvalue weighted by molar-refractivity contribution is 5.91. The van der Waals surface area contributed by atoms with E-state index in [4.69, 9.17) is 4.42 Å². The molecule has 1 saturated carbocycles. The van der Waals surface area contributed by atoms with E-state index in [1.807, 2.05) is 16.8 Å². The van der Waals surface area contributed by atoms with Crippen LogP contribution >= 0.6 is 0 Å². The molecule has 2 fully saturated rings. The third-order valence-corrected chi connectivity index (χ3v) is 7.39. The molecule has 1 aromatic rings. The molecule has 3 aliphatic rings. The van der Waals surface area contributed by atoms with Gasteiger partial charge >= 0.3 is 0 Å². The molecular formula is C26H39N5O2. The van der Waals surface area contributed by atoms with E-state index >= 15 is 0 Å². The predicted octanol–water partition coefficient (Wildman–Crippen LogP) is 4.22. The van der Waals surface area contributed by atoms with E-state index in [-0.39, 0.29) is 17.7 Å². The number of oxazole rings is 1. The first-order valence-electron chi connectivity index (χ1n) is 12.5. The molecule has 7 heteroatoms. The Morgan fingerprint density at radius 1 is 1.30 bits per heavy atom. The topological polar surface area (TPSA) is 73.6 Å². The van der Waals surface area contributed by atoms with Crippen LogP contribution in [0.1, 0.15) is 68.8 Å². The fourth-order valence-corrected chi connectivity index (χ4v) is 5.35. The smallest absolute Gasteiger partial charge is 0.298 e. The van der Waals surface area contributed by atoms with Crippen molar-refractivity contribution in [1.82, 2.24) is 20.5 Å². The van der Waals surface area contributed by atoms with E-state index in [1.165, 1.54) is 37.5 Å². The van der Waals surface area contributed by atoms with Gasteiger partial charge in [0.2, 0.25) is 5.76 Å². The summed E-state index contributed by atoms with van der Waals surface area (Å²) in [5.74, 6) is 0.691. The number of aromatic nitrogens is 1. The van der Waals surface area contributed by atoms with Crippen LogP contribution in [-0.2, 0) is 0 Å². The molecule has 1 amide bonds. The Labute approximate surface area is 198 Å². The van der Waals surface area contributed by atoms with Crippen LogP contribution in [0.3, 0.4) is 0 Å². The molecule has 2 N–H and O–H groups in total. The summed E-state index contributed by atoms with van der Waals surface area (Å²) >= 11 is 0. The van der Waals surface area contributed by atoms with Crippen LogP contribution in [0.2, 0.25) is 0 Å². The summed E-state index contributed by atoms with van der Waals surface area (Å²) in [6.45, 7) is 12.5. The van der Waals surface area contributed by atoms with Crippen LogP contribution in [-0.4, -0.2) is 54.6 Å². The number of piperazine rings is 1. The number of amides is 1. The lowest BCUT2D eigenvalue weighted by molar-refractivity contribution is 0.0905. The average Bonchev–Trinajstić information content (AvgIpc) is 3.31. The normalized spacial score (nSPS) is 24.4. The monoisotopic (exact) mass is 453 g/mol. The summed E-state index contributed by atoms with van der Waals surface area (Å²) in [5.41, 5.74) is 3.37. The van der Waals surface area contributed by atoms with Crippen molar-refractivity contribution < 1.29 is 9.21 Å². The molecule has 1 saturated heterocycles. The van der Waals surface area contributed by atoms with Gasteiger partial charge in [0.1, 0.15) is 0 Å². The number of nitrogens with one attached hydrogen (secondary N) is 2. The van der Waals surface area contributed by atoms with Gasteiger partial charge in [0.25, 0.3) is 11.9 Å². The lowest BCUT2D eigenvalue weighted by Crippen LogP contribution is -2.44. The van der Waals surface area contributed by atoms with Crippen LogP contribution < -0.4 is 15.5 Å². The third kappa shape index (κ3) is 5.52. The van der Waals surface area contributed by atoms with Crippen LogP contribution in [0.4, 0.5) is 6.01 Å². The Hall–Kier alpha value is -2.54. The highest BCUT2D eigenvalue weighted by Gasteiger charge is 2.31. The lowest BCUT2D eigenvalue weighted by Gasteiger charge is -2.38. The zero-order chi connectivity index (χ0) is 23.4. The first kappa shape index (κ1) is 23.6. The molecule has 0 bridgehead atoms. The van der Waals surface area contributed by atoms with Crippen molar-refractivity contribution in [3.63, 3.8) is 0 Å². The maximum atomic E-state index is 13.1. The molecule has 3 unspecified atom stereocenters. The van der Waals surface area contributed by atoms with E-state index in [0.29, 0.717) is 31.1 Å². The summed E-state index contributed by atoms with van der Waals surface area (Å²) < 4.78 is 5.88. The molecule has 1 aromatic heterocycles. The molecule has 7 nitrogen and oxygen atoms in total. The molecule has 0 spiro atoms. The predicted molar refractivity (Wildman–Crippen MR) is 132 cm³/mol. The van der Waals surface area contributed by atoms with E-state index in [9.17, 15) is 4.79 Å². The standard InChI is InChI=1S/C26H39N5O2/c1-5-6-9-21(14-20-12-13-27-23-11-8-7-10-22(20)23)29-25(32)24-15-28-26(33-24)31-16-18(2)30(4)19(3)17-31/h12,15,21-23,27H,2-3,5-11,13-14,16-17H2,1,4H3,(H,29,32). The SMILES string of the molecule is C=C1CN(c2ncc(C(=O)NC(CCCC)CC3=CCNC4CCCCC34)o2)CC(=C)N1C. The Balaban J connectivity index is 1.41. The Morgan fingerprint density at radius 2 is 2.06 bits per heavy atom. The van der Waals surface area contributed by atoms with Crippen LogP contribution in [0.25, 0.3) is 0 Å². The number of fused-ring (bicyclic) bond motifs is 1. The molecule has 33 heavy (non-hydrogen) atoms. The highest BCUT2D eigenvalue weighted by atomic mass is 16.4. The van der Waals surface area contributed by atoms with Crippen LogP contribution in [0.15, 0.2) is 46.8 Å². The van der Waals surface area contributed by atoms with E-state index in [0.717, 1.165) is 43.6 Å². The van der Waals surface area contributed by atoms with E-state index in [1.54, 1.807) is 0 Å². The van der Waals surface area contributed by atoms with Gasteiger partial charge in [-0.15, -0.1) is 0 Å². The summed E-state index contributed by atoms with van der Waals surface area (Å²) in [6, 6.07) is 1.15. The number of rotatable bonds is 8. The minimum Gasteiger partial charge on any atom is -0.418 e. The van der Waals surface area contributed by atoms with Crippen molar-refractivity contribution in [2.24, 2.45) is 5.92 Å². The second-order valence-electron chi connectivity index (χ2n) is 9.76. The van der Waals surface area contributed by atoms with Crippen molar-refractivity contribution in [2.75, 3.05) is 31.6 Å². The number of carbonyl (C=O) groups excluding carboxylic acids is 1. The van der Waals surface area contributed by atoms with Crippen molar-refractivity contribution in [2.45, 2.75) is 70.4 Å². The van der Waals surface area contributed by atoms with Gasteiger partial charge in [0.05, 0.1) is 19.3 Å². The largest absolute Gasteiger partial charge is 0.418 e. The molecule has 180 valence electrons. The van der Waals surface area contributed by atoms with Crippen molar-refractivity contribution in [3.05, 3.63) is 48.2 Å². The molecular weight excluding hydrogens is 414 g/mol. The first-order valence-corrected chi connectivity index (χ1v) is 12.5. The van der Waals surface area contributed by atoms with Gasteiger partial charge in [0.15, 0.2) is 0 Å². The second kappa shape index (κ2) is 10.6. The van der Waals surface area contributed by atoms with Crippen LogP contribution in [0, 0.1) is 5.92 Å². The third-order valence-electron chi connectivity index (χ3n) is 7.39. The van der Waals surface area contributed by atoms with Crippen LogP contribution in [0.5, 0.6) is 0 Å². The lowest BCUT2D eigenvalue weighted by atomic mass is 9.75. The van der Waals surface area contributed by atoms with E-state index in [2.05, 4.69) is 41.8 Å². The Kier molecular flexibility index (Phi) is 7.58. The maximum absolute atomic E-state index is 13.1. The van der Waals surface area contributed by atoms with Crippen molar-refractivity contribution >= 4 is 11.9 Å². The number of hydrogen-bond donors (Lipinski definition) is 2. The molecule has 4 rings (SSSR count). The number of nitrogens with zero attached hydrogens (tertiary/aromatic N) is 3. The minimum absolute atomic E-state index is 0.112. The quantitative estimate of drug-likeness (QED) is 0.574. The second-order valence-corrected chi connectivity index (χ2v) is 9.76. The zero-order valence-corrected chi connectivity index (χ0v) is 20.2. The Morgan fingerprint density at radius 3 is 2.82 bits per heavy atom. The molecule has 2 aliphatic heterocycles. The fraction of sp³-hybridized carbons (Fsp3) is 0.615. The number of likely N-dealkylation sites (N-methyl/N-ethyl adjacent to an activating group) is 1. The van der Waals surface area contributed by atoms with Gasteiger partial charge < -0.3 is 24.9 Å². The summed E-state index contributed by atoms with van der Waals surface area (Å²) in [4.78, 5) is 21.4. The summed E-state index contributed by atoms with van der Waals surface area (Å²) in [7, 11) is 1.96. The van der Waals surface area contributed by atoms with Crippen molar-refractivity contribution in [3.8, 4) is 0 Å². The number of hydrogen-bond acceptors (Lipinski definition) is 6. The van der Waals surface area contributed by atoms with Gasteiger partial charge in [-0.25, -0.2) is 4.98 Å². The number of unbranched alkanes of at least 4 members (excludes halogenated alkanes) is 1. The average molecular weight is 454 g/mol. The van der Waals surface area contributed by atoms with Gasteiger partial charge in [0, 0.05) is 37.1 Å². The summed E-state index contributed by atoms with van der Waals surface area (Å²) in [5, 5.41) is 6.93. The highest BCUT2D eigenvalue weighted by Crippen LogP contribution is 2.35. The molecule has 0 radical (unpaired) electrons. The molecule has 0 aromatic carbocycles. The van der Waals surface area contributed by atoms with Crippen molar-refractivity contribution in [1.29, 1.82) is 0 Å².